The van der Waals surface area contributed by atoms with Gasteiger partial charge < -0.3 is 24.5 Å². The highest BCUT2D eigenvalue weighted by Crippen LogP contribution is 2.38. The molecule has 1 aromatic heterocycles. The first-order chi connectivity index (χ1) is 15.3. The molecule has 4 rings (SSSR count). The lowest BCUT2D eigenvalue weighted by molar-refractivity contribution is -0.136. The number of aromatic nitrogens is 1. The SMILES string of the molecule is Cn1c(C(=O)NC2(c3ccc(CC(=O)O)cc3OCI)COC2)cc2c(Cl)c(Cl)ccc21. The smallest absolute Gasteiger partial charge is 0.307 e. The molecule has 2 heterocycles. The Bertz CT molecular complexity index is 1220. The number of carboxylic acids is 1. The molecule has 10 heteroatoms. The normalized spacial score (nSPS) is 14.8. The molecule has 0 atom stereocenters. The van der Waals surface area contributed by atoms with Gasteiger partial charge in [-0.3, -0.25) is 9.59 Å². The summed E-state index contributed by atoms with van der Waals surface area (Å²) in [5, 5.41) is 13.7. The molecule has 32 heavy (non-hydrogen) atoms. The predicted octanol–water partition coefficient (Wildman–Crippen LogP) is 4.54. The molecule has 3 aromatic rings. The van der Waals surface area contributed by atoms with Crippen LogP contribution in [0.15, 0.2) is 36.4 Å². The number of nitrogens with zero attached hydrogens (tertiary/aromatic N) is 1. The first kappa shape index (κ1) is 23.2. The number of fused-ring (bicyclic) bond motifs is 1. The van der Waals surface area contributed by atoms with Gasteiger partial charge in [0.1, 0.15) is 21.6 Å². The summed E-state index contributed by atoms with van der Waals surface area (Å²) in [6, 6.07) is 10.4. The minimum Gasteiger partial charge on any atom is -0.483 e. The second kappa shape index (κ2) is 9.09. The van der Waals surface area contributed by atoms with Gasteiger partial charge in [-0.25, -0.2) is 0 Å². The van der Waals surface area contributed by atoms with Gasteiger partial charge in [0.2, 0.25) is 0 Å². The standard InChI is InChI=1S/C22H19Cl2IN2O5/c1-27-16-5-4-15(23)20(24)13(16)8-17(27)21(30)26-22(9-31-10-22)14-3-2-12(7-19(28)29)6-18(14)32-11-25/h2-6,8H,7,9-11H2,1H3,(H,26,30)(H,28,29). The predicted molar refractivity (Wildman–Crippen MR) is 130 cm³/mol. The Morgan fingerprint density at radius 2 is 2.00 bits per heavy atom. The third-order valence-corrected chi connectivity index (χ3v) is 6.65. The van der Waals surface area contributed by atoms with Crippen LogP contribution in [0.4, 0.5) is 0 Å². The van der Waals surface area contributed by atoms with E-state index in [2.05, 4.69) is 27.9 Å². The Labute approximate surface area is 207 Å². The summed E-state index contributed by atoms with van der Waals surface area (Å²) >= 11 is 14.5. The number of nitrogens with one attached hydrogen (secondary N) is 1. The highest BCUT2D eigenvalue weighted by atomic mass is 127. The summed E-state index contributed by atoms with van der Waals surface area (Å²) in [5.74, 6) is -0.703. The molecule has 1 aliphatic rings. The number of carbonyl (C=O) groups is 2. The molecule has 1 saturated heterocycles. The number of rotatable bonds is 7. The van der Waals surface area contributed by atoms with E-state index in [0.29, 0.717) is 37.1 Å². The monoisotopic (exact) mass is 588 g/mol. The molecule has 0 spiro atoms. The summed E-state index contributed by atoms with van der Waals surface area (Å²) < 4.78 is 13.4. The Morgan fingerprint density at radius 3 is 2.62 bits per heavy atom. The first-order valence-corrected chi connectivity index (χ1v) is 11.9. The minimum atomic E-state index is -0.928. The number of ether oxygens (including phenoxy) is 2. The van der Waals surface area contributed by atoms with Crippen molar-refractivity contribution in [1.29, 1.82) is 0 Å². The lowest BCUT2D eigenvalue weighted by Crippen LogP contribution is -2.59. The third-order valence-electron chi connectivity index (χ3n) is 5.52. The molecule has 7 nitrogen and oxygen atoms in total. The molecular weight excluding hydrogens is 570 g/mol. The van der Waals surface area contributed by atoms with Crippen molar-refractivity contribution in [3.63, 3.8) is 0 Å². The molecule has 0 unspecified atom stereocenters. The maximum absolute atomic E-state index is 13.3. The van der Waals surface area contributed by atoms with E-state index in [-0.39, 0.29) is 25.5 Å². The maximum atomic E-state index is 13.3. The van der Waals surface area contributed by atoms with Crippen molar-refractivity contribution in [2.45, 2.75) is 12.0 Å². The van der Waals surface area contributed by atoms with Crippen molar-refractivity contribution < 1.29 is 24.2 Å². The largest absolute Gasteiger partial charge is 0.483 e. The lowest BCUT2D eigenvalue weighted by atomic mass is 9.86. The van der Waals surface area contributed by atoms with Crippen LogP contribution in [0.25, 0.3) is 10.9 Å². The molecule has 1 amide bonds. The second-order valence-corrected chi connectivity index (χ2v) is 8.97. The number of amides is 1. The number of aliphatic carboxylic acids is 1. The van der Waals surface area contributed by atoms with Gasteiger partial charge in [0.05, 0.1) is 29.7 Å². The number of benzene rings is 2. The van der Waals surface area contributed by atoms with Gasteiger partial charge in [-0.15, -0.1) is 0 Å². The summed E-state index contributed by atoms with van der Waals surface area (Å²) in [7, 11) is 1.79. The van der Waals surface area contributed by atoms with Crippen LogP contribution in [0.2, 0.25) is 10.0 Å². The van der Waals surface area contributed by atoms with Crippen molar-refractivity contribution >= 4 is 68.6 Å². The summed E-state index contributed by atoms with van der Waals surface area (Å²) in [6.45, 7) is 0.538. The lowest BCUT2D eigenvalue weighted by Gasteiger charge is -2.43. The molecule has 2 aromatic carbocycles. The topological polar surface area (TPSA) is 89.8 Å². The minimum absolute atomic E-state index is 0.118. The number of carbonyl (C=O) groups excluding carboxylic acids is 1. The fraction of sp³-hybridized carbons (Fsp3) is 0.273. The number of carboxylic acid groups (broad SMARTS) is 1. The van der Waals surface area contributed by atoms with Gasteiger partial charge in [0, 0.05) is 23.5 Å². The maximum Gasteiger partial charge on any atom is 0.307 e. The number of hydrogen-bond donors (Lipinski definition) is 2. The summed E-state index contributed by atoms with van der Waals surface area (Å²) in [6.07, 6.45) is -0.118. The third kappa shape index (κ3) is 4.16. The van der Waals surface area contributed by atoms with Crippen LogP contribution >= 0.6 is 45.8 Å². The van der Waals surface area contributed by atoms with Crippen LogP contribution in [0.1, 0.15) is 21.6 Å². The second-order valence-electron chi connectivity index (χ2n) is 7.57. The fourth-order valence-electron chi connectivity index (χ4n) is 3.87. The average Bonchev–Trinajstić information content (AvgIpc) is 3.05. The zero-order valence-electron chi connectivity index (χ0n) is 17.0. The molecule has 0 saturated carbocycles. The van der Waals surface area contributed by atoms with E-state index in [1.54, 1.807) is 41.9 Å². The van der Waals surface area contributed by atoms with E-state index in [0.717, 1.165) is 11.1 Å². The first-order valence-electron chi connectivity index (χ1n) is 9.63. The summed E-state index contributed by atoms with van der Waals surface area (Å²) in [4.78, 5) is 24.4. The molecule has 2 N–H and O–H groups in total. The Balaban J connectivity index is 1.69. The van der Waals surface area contributed by atoms with E-state index < -0.39 is 11.5 Å². The van der Waals surface area contributed by atoms with E-state index in [1.165, 1.54) is 0 Å². The van der Waals surface area contributed by atoms with Crippen LogP contribution in [-0.4, -0.2) is 39.4 Å². The highest BCUT2D eigenvalue weighted by Gasteiger charge is 2.44. The number of alkyl halides is 1. The van der Waals surface area contributed by atoms with Crippen LogP contribution in [0.3, 0.4) is 0 Å². The van der Waals surface area contributed by atoms with E-state index in [4.69, 9.17) is 37.8 Å². The molecule has 1 aliphatic heterocycles. The van der Waals surface area contributed by atoms with Crippen molar-refractivity contribution in [3.8, 4) is 5.75 Å². The quantitative estimate of drug-likeness (QED) is 0.312. The zero-order valence-corrected chi connectivity index (χ0v) is 20.6. The molecule has 1 fully saturated rings. The van der Waals surface area contributed by atoms with E-state index >= 15 is 0 Å². The van der Waals surface area contributed by atoms with Gasteiger partial charge in [-0.2, -0.15) is 0 Å². The van der Waals surface area contributed by atoms with Gasteiger partial charge >= 0.3 is 5.97 Å². The van der Waals surface area contributed by atoms with Crippen molar-refractivity contribution in [2.75, 3.05) is 17.8 Å². The Hall–Kier alpha value is -2.01. The van der Waals surface area contributed by atoms with Gasteiger partial charge in [0.15, 0.2) is 0 Å². The van der Waals surface area contributed by atoms with Gasteiger partial charge in [-0.05, 0) is 52.4 Å². The fourth-order valence-corrected chi connectivity index (χ4v) is 4.59. The van der Waals surface area contributed by atoms with Crippen molar-refractivity contribution in [1.82, 2.24) is 9.88 Å². The van der Waals surface area contributed by atoms with Crippen molar-refractivity contribution in [2.24, 2.45) is 7.05 Å². The zero-order chi connectivity index (χ0) is 23.0. The average molecular weight is 589 g/mol. The molecule has 0 radical (unpaired) electrons. The number of halogens is 3. The van der Waals surface area contributed by atoms with Crippen LogP contribution in [0.5, 0.6) is 5.75 Å². The number of aryl methyl sites for hydroxylation is 1. The number of hydrogen-bond acceptors (Lipinski definition) is 4. The highest BCUT2D eigenvalue weighted by molar-refractivity contribution is 14.1. The van der Waals surface area contributed by atoms with Crippen molar-refractivity contribution in [3.05, 3.63) is 63.3 Å². The molecule has 168 valence electrons. The Morgan fingerprint density at radius 1 is 1.25 bits per heavy atom. The Kier molecular flexibility index (Phi) is 6.58. The van der Waals surface area contributed by atoms with Crippen LogP contribution in [-0.2, 0) is 28.5 Å². The van der Waals surface area contributed by atoms with Gasteiger partial charge in [0.25, 0.3) is 5.91 Å². The van der Waals surface area contributed by atoms with Crippen LogP contribution < -0.4 is 10.1 Å². The summed E-state index contributed by atoms with van der Waals surface area (Å²) in [5.41, 5.74) is 1.77. The van der Waals surface area contributed by atoms with E-state index in [1.807, 2.05) is 6.07 Å². The molecule has 0 bridgehead atoms. The van der Waals surface area contributed by atoms with Gasteiger partial charge in [-0.1, -0.05) is 35.3 Å². The van der Waals surface area contributed by atoms with E-state index in [9.17, 15) is 9.59 Å². The van der Waals surface area contributed by atoms with Crippen LogP contribution in [0, 0.1) is 0 Å². The molecular formula is C22H19Cl2IN2O5. The molecule has 0 aliphatic carbocycles.